The van der Waals surface area contributed by atoms with Crippen molar-refractivity contribution < 1.29 is 26.7 Å². The molecule has 3 unspecified atom stereocenters. The average molecular weight is 461 g/mol. The zero-order valence-electron chi connectivity index (χ0n) is 17.4. The maximum Gasteiger partial charge on any atom is 0.387 e. The van der Waals surface area contributed by atoms with Gasteiger partial charge in [-0.1, -0.05) is 21.4 Å². The summed E-state index contributed by atoms with van der Waals surface area (Å²) in [5.41, 5.74) is -1.41. The van der Waals surface area contributed by atoms with Gasteiger partial charge in [-0.05, 0) is 56.5 Å². The van der Waals surface area contributed by atoms with Crippen LogP contribution >= 0.6 is 9.24 Å². The van der Waals surface area contributed by atoms with Gasteiger partial charge in [0, 0.05) is 24.4 Å². The fourth-order valence-electron chi connectivity index (χ4n) is 3.70. The van der Waals surface area contributed by atoms with Crippen LogP contribution in [0, 0.1) is 0 Å². The normalized spacial score (nSPS) is 19.3. The van der Waals surface area contributed by atoms with E-state index in [1.165, 1.54) is 52.2 Å². The molecule has 10 heteroatoms. The minimum absolute atomic E-state index is 0.100. The number of nitrogens with one attached hydrogen (secondary N) is 1. The SMILES string of the molecule is CNC(C)(F)c1cc(OC(F)F)c(=NC2CCCc3cc(C(F)(F)P)ccc32)n(C)c1. The molecule has 1 aliphatic carbocycles. The summed E-state index contributed by atoms with van der Waals surface area (Å²) in [7, 11) is 4.50. The summed E-state index contributed by atoms with van der Waals surface area (Å²) in [6, 6.07) is 5.20. The van der Waals surface area contributed by atoms with Crippen LogP contribution in [0.1, 0.15) is 48.1 Å². The van der Waals surface area contributed by atoms with Crippen LogP contribution in [0.4, 0.5) is 22.0 Å². The molecule has 0 amide bonds. The first kappa shape index (κ1) is 23.7. The summed E-state index contributed by atoms with van der Waals surface area (Å²) in [5, 5.41) is 2.48. The van der Waals surface area contributed by atoms with E-state index >= 15 is 0 Å². The number of hydrogen-bond donors (Lipinski definition) is 1. The van der Waals surface area contributed by atoms with E-state index in [1.54, 1.807) is 13.1 Å². The van der Waals surface area contributed by atoms with E-state index in [1.807, 2.05) is 0 Å². The number of ether oxygens (including phenoxy) is 1. The molecule has 0 saturated heterocycles. The van der Waals surface area contributed by atoms with Gasteiger partial charge < -0.3 is 9.30 Å². The van der Waals surface area contributed by atoms with E-state index < -0.39 is 24.1 Å². The predicted molar refractivity (Wildman–Crippen MR) is 111 cm³/mol. The monoisotopic (exact) mass is 461 g/mol. The first-order valence-corrected chi connectivity index (χ1v) is 10.4. The highest BCUT2D eigenvalue weighted by molar-refractivity contribution is 7.17. The number of benzene rings is 1. The zero-order valence-corrected chi connectivity index (χ0v) is 18.6. The Bertz CT molecular complexity index is 1020. The van der Waals surface area contributed by atoms with E-state index in [2.05, 4.69) is 15.0 Å². The number of alkyl halides is 5. The summed E-state index contributed by atoms with van der Waals surface area (Å²) in [6.07, 6.45) is 3.41. The molecule has 1 heterocycles. The molecule has 170 valence electrons. The van der Waals surface area contributed by atoms with Gasteiger partial charge in [0.05, 0.1) is 6.04 Å². The summed E-state index contributed by atoms with van der Waals surface area (Å²) < 4.78 is 74.3. The lowest BCUT2D eigenvalue weighted by molar-refractivity contribution is -0.0515. The van der Waals surface area contributed by atoms with E-state index in [4.69, 9.17) is 0 Å². The van der Waals surface area contributed by atoms with Gasteiger partial charge in [0.2, 0.25) is 0 Å². The molecule has 0 saturated carbocycles. The Balaban J connectivity index is 2.12. The summed E-state index contributed by atoms with van der Waals surface area (Å²) >= 11 is 0. The van der Waals surface area contributed by atoms with Crippen molar-refractivity contribution in [3.63, 3.8) is 0 Å². The van der Waals surface area contributed by atoms with Crippen molar-refractivity contribution in [1.82, 2.24) is 9.88 Å². The second-order valence-corrected chi connectivity index (χ2v) is 8.46. The average Bonchev–Trinajstić information content (AvgIpc) is 2.68. The number of aromatic nitrogens is 1. The number of rotatable bonds is 6. The van der Waals surface area contributed by atoms with E-state index in [-0.39, 0.29) is 22.4 Å². The van der Waals surface area contributed by atoms with E-state index in [0.29, 0.717) is 19.3 Å². The summed E-state index contributed by atoms with van der Waals surface area (Å²) in [5.74, 6) is -2.22. The van der Waals surface area contributed by atoms with Crippen molar-refractivity contribution in [2.45, 2.75) is 50.3 Å². The molecule has 0 aliphatic heterocycles. The second-order valence-electron chi connectivity index (χ2n) is 7.73. The Morgan fingerprint density at radius 1 is 1.23 bits per heavy atom. The topological polar surface area (TPSA) is 38.5 Å². The maximum atomic E-state index is 14.7. The van der Waals surface area contributed by atoms with Crippen LogP contribution in [0.25, 0.3) is 0 Å². The summed E-state index contributed by atoms with van der Waals surface area (Å²) in [4.78, 5) is 4.62. The minimum atomic E-state index is -3.12. The van der Waals surface area contributed by atoms with Crippen molar-refractivity contribution in [2.24, 2.45) is 12.0 Å². The van der Waals surface area contributed by atoms with E-state index in [0.717, 1.165) is 11.1 Å². The number of aryl methyl sites for hydroxylation is 2. The van der Waals surface area contributed by atoms with Crippen LogP contribution in [0.15, 0.2) is 35.5 Å². The Kier molecular flexibility index (Phi) is 6.77. The number of nitrogens with zero attached hydrogens (tertiary/aromatic N) is 2. The van der Waals surface area contributed by atoms with Gasteiger partial charge in [-0.2, -0.15) is 17.6 Å². The Morgan fingerprint density at radius 3 is 2.55 bits per heavy atom. The van der Waals surface area contributed by atoms with Crippen molar-refractivity contribution in [2.75, 3.05) is 7.05 Å². The third-order valence-electron chi connectivity index (χ3n) is 5.49. The van der Waals surface area contributed by atoms with Crippen LogP contribution in [-0.2, 0) is 24.9 Å². The van der Waals surface area contributed by atoms with Gasteiger partial charge in [0.15, 0.2) is 17.0 Å². The molecule has 0 fully saturated rings. The third-order valence-corrected chi connectivity index (χ3v) is 5.82. The first-order valence-electron chi connectivity index (χ1n) is 9.80. The zero-order chi connectivity index (χ0) is 23.0. The molecule has 0 bridgehead atoms. The van der Waals surface area contributed by atoms with Crippen LogP contribution in [0.5, 0.6) is 5.75 Å². The van der Waals surface area contributed by atoms with Crippen LogP contribution in [0.2, 0.25) is 0 Å². The van der Waals surface area contributed by atoms with E-state index in [9.17, 15) is 22.0 Å². The molecule has 31 heavy (non-hydrogen) atoms. The number of pyridine rings is 1. The fourth-order valence-corrected chi connectivity index (χ4v) is 3.88. The quantitative estimate of drug-likeness (QED) is 0.378. The number of fused-ring (bicyclic) bond motifs is 1. The molecule has 1 aromatic heterocycles. The highest BCUT2D eigenvalue weighted by atomic mass is 31.0. The van der Waals surface area contributed by atoms with Gasteiger partial charge in [-0.15, -0.1) is 0 Å². The molecule has 2 aromatic rings. The molecule has 1 aromatic carbocycles. The highest BCUT2D eigenvalue weighted by Crippen LogP contribution is 2.39. The summed E-state index contributed by atoms with van der Waals surface area (Å²) in [6.45, 7) is -1.85. The van der Waals surface area contributed by atoms with Crippen LogP contribution < -0.4 is 15.5 Å². The van der Waals surface area contributed by atoms with Crippen molar-refractivity contribution in [3.8, 4) is 5.75 Å². The van der Waals surface area contributed by atoms with Crippen molar-refractivity contribution >= 4 is 9.24 Å². The van der Waals surface area contributed by atoms with Crippen LogP contribution in [-0.4, -0.2) is 18.2 Å². The fraction of sp³-hybridized carbons (Fsp3) is 0.476. The standard InChI is InChI=1S/C21H25F5N3OP/c1-20(24,27-2)14-10-17(30-19(22)23)18(29(3)11-14)28-16-6-4-5-12-9-13(21(25,26)31)7-8-15(12)16/h7-11,16,19,27H,4-6,31H2,1-3H3. The van der Waals surface area contributed by atoms with Gasteiger partial charge in [-0.3, -0.25) is 10.3 Å². The first-order chi connectivity index (χ1) is 14.4. The smallest absolute Gasteiger partial charge is 0.387 e. The predicted octanol–water partition coefficient (Wildman–Crippen LogP) is 4.89. The van der Waals surface area contributed by atoms with Crippen molar-refractivity contribution in [1.29, 1.82) is 0 Å². The lowest BCUT2D eigenvalue weighted by Gasteiger charge is -2.25. The number of halogens is 5. The highest BCUT2D eigenvalue weighted by Gasteiger charge is 2.29. The molecule has 1 aliphatic rings. The molecule has 0 spiro atoms. The van der Waals surface area contributed by atoms with Gasteiger partial charge in [-0.25, -0.2) is 4.39 Å². The lowest BCUT2D eigenvalue weighted by Crippen LogP contribution is -2.34. The Hall–Kier alpha value is -1.99. The van der Waals surface area contributed by atoms with Gasteiger partial charge >= 0.3 is 6.61 Å². The molecule has 3 atom stereocenters. The van der Waals surface area contributed by atoms with Crippen molar-refractivity contribution in [3.05, 3.63) is 58.2 Å². The molecule has 0 radical (unpaired) electrons. The largest absolute Gasteiger partial charge is 0.431 e. The van der Waals surface area contributed by atoms with Gasteiger partial charge in [0.1, 0.15) is 0 Å². The van der Waals surface area contributed by atoms with Gasteiger partial charge in [0.25, 0.3) is 5.66 Å². The Labute approximate surface area is 179 Å². The lowest BCUT2D eigenvalue weighted by atomic mass is 9.87. The maximum absolute atomic E-state index is 14.7. The second kappa shape index (κ2) is 8.87. The minimum Gasteiger partial charge on any atom is -0.431 e. The molecule has 3 rings (SSSR count). The molecule has 4 nitrogen and oxygen atoms in total. The Morgan fingerprint density at radius 2 is 1.94 bits per heavy atom. The molecular formula is C21H25F5N3OP. The molecule has 1 N–H and O–H groups in total. The molecular weight excluding hydrogens is 436 g/mol. The van der Waals surface area contributed by atoms with Crippen LogP contribution in [0.3, 0.4) is 0 Å². The third kappa shape index (κ3) is 5.26. The number of hydrogen-bond acceptors (Lipinski definition) is 3.